The van der Waals surface area contributed by atoms with Gasteiger partial charge in [-0.2, -0.15) is 0 Å². The summed E-state index contributed by atoms with van der Waals surface area (Å²) in [5, 5.41) is 6.15. The van der Waals surface area contributed by atoms with Crippen molar-refractivity contribution >= 4 is 41.9 Å². The molecule has 1 aliphatic rings. The zero-order chi connectivity index (χ0) is 21.6. The highest BCUT2D eigenvalue weighted by molar-refractivity contribution is 5.85. The summed E-state index contributed by atoms with van der Waals surface area (Å²) in [5.74, 6) is 1.56. The molecule has 2 heterocycles. The van der Waals surface area contributed by atoms with Crippen LogP contribution in [0.4, 0.5) is 4.79 Å². The van der Waals surface area contributed by atoms with Crippen molar-refractivity contribution in [2.45, 2.75) is 37.8 Å². The minimum Gasteiger partial charge on any atom is -0.497 e. The van der Waals surface area contributed by atoms with Gasteiger partial charge in [0.2, 0.25) is 0 Å². The first-order valence-electron chi connectivity index (χ1n) is 10.9. The summed E-state index contributed by atoms with van der Waals surface area (Å²) in [4.78, 5) is 23.2. The number of aromatic nitrogens is 2. The van der Waals surface area contributed by atoms with Crippen LogP contribution in [0, 0.1) is 0 Å². The van der Waals surface area contributed by atoms with Crippen molar-refractivity contribution in [2.24, 2.45) is 0 Å². The molecule has 2 amide bonds. The number of aromatic amines is 1. The summed E-state index contributed by atoms with van der Waals surface area (Å²) in [6.07, 6.45) is 4.04. The topological polar surface area (TPSA) is 82.3 Å². The Labute approximate surface area is 207 Å². The zero-order valence-corrected chi connectivity index (χ0v) is 20.7. The molecule has 33 heavy (non-hydrogen) atoms. The molecule has 0 aliphatic carbocycles. The largest absolute Gasteiger partial charge is 0.497 e. The molecule has 0 bridgehead atoms. The van der Waals surface area contributed by atoms with Gasteiger partial charge < -0.3 is 25.3 Å². The first-order valence-corrected chi connectivity index (χ1v) is 10.9. The number of urea groups is 1. The molecule has 0 spiro atoms. The highest BCUT2D eigenvalue weighted by Gasteiger charge is 2.22. The van der Waals surface area contributed by atoms with Gasteiger partial charge in [0, 0.05) is 12.6 Å². The van der Waals surface area contributed by atoms with Gasteiger partial charge in [-0.25, -0.2) is 9.78 Å². The quantitative estimate of drug-likeness (QED) is 0.431. The van der Waals surface area contributed by atoms with E-state index in [0.717, 1.165) is 41.1 Å². The molecule has 1 unspecified atom stereocenters. The van der Waals surface area contributed by atoms with E-state index < -0.39 is 0 Å². The summed E-state index contributed by atoms with van der Waals surface area (Å²) in [7, 11) is 3.81. The van der Waals surface area contributed by atoms with Crippen LogP contribution in [0.2, 0.25) is 0 Å². The predicted octanol–water partition coefficient (Wildman–Crippen LogP) is 4.48. The fourth-order valence-electron chi connectivity index (χ4n) is 4.26. The SMILES string of the molecule is COc1ccc(C[C@@H](NC(=O)NCCC2CCCN2C)c2nc3ccccc3[nH]2)cc1.Cl.Cl. The molecule has 2 aromatic carbocycles. The van der Waals surface area contributed by atoms with Gasteiger partial charge in [-0.15, -0.1) is 24.8 Å². The number of carbonyl (C=O) groups excluding carboxylic acids is 1. The highest BCUT2D eigenvalue weighted by Crippen LogP contribution is 2.21. The maximum Gasteiger partial charge on any atom is 0.315 e. The predicted molar refractivity (Wildman–Crippen MR) is 137 cm³/mol. The van der Waals surface area contributed by atoms with Crippen LogP contribution in [-0.2, 0) is 6.42 Å². The van der Waals surface area contributed by atoms with Gasteiger partial charge in [-0.3, -0.25) is 0 Å². The number of rotatable bonds is 8. The summed E-state index contributed by atoms with van der Waals surface area (Å²) in [5.41, 5.74) is 2.95. The summed E-state index contributed by atoms with van der Waals surface area (Å²) in [6, 6.07) is 15.9. The molecule has 4 rings (SSSR count). The fourth-order valence-corrected chi connectivity index (χ4v) is 4.26. The van der Waals surface area contributed by atoms with Gasteiger partial charge in [0.05, 0.1) is 24.2 Å². The third kappa shape index (κ3) is 7.00. The van der Waals surface area contributed by atoms with E-state index in [1.807, 2.05) is 48.5 Å². The number of imidazole rings is 1. The average Bonchev–Trinajstić information content (AvgIpc) is 3.40. The molecule has 3 N–H and O–H groups in total. The van der Waals surface area contributed by atoms with Crippen molar-refractivity contribution in [3.8, 4) is 5.75 Å². The van der Waals surface area contributed by atoms with Gasteiger partial charge in [0.1, 0.15) is 11.6 Å². The van der Waals surface area contributed by atoms with E-state index in [9.17, 15) is 4.79 Å². The normalized spacial score (nSPS) is 16.5. The summed E-state index contributed by atoms with van der Waals surface area (Å²) >= 11 is 0. The zero-order valence-electron chi connectivity index (χ0n) is 19.0. The Bertz CT molecular complexity index is 979. The van der Waals surface area contributed by atoms with E-state index >= 15 is 0 Å². The Balaban J connectivity index is 0.00000193. The van der Waals surface area contributed by atoms with Crippen molar-refractivity contribution in [1.82, 2.24) is 25.5 Å². The van der Waals surface area contributed by atoms with E-state index in [1.54, 1.807) is 7.11 Å². The molecule has 0 saturated carbocycles. The number of methoxy groups -OCH3 is 1. The molecule has 180 valence electrons. The minimum absolute atomic E-state index is 0. The number of amides is 2. The van der Waals surface area contributed by atoms with Gasteiger partial charge in [-0.1, -0.05) is 24.3 Å². The van der Waals surface area contributed by atoms with Crippen molar-refractivity contribution in [3.05, 3.63) is 59.9 Å². The minimum atomic E-state index is -0.269. The first-order chi connectivity index (χ1) is 15.1. The molecular formula is C24H33Cl2N5O2. The maximum atomic E-state index is 12.7. The molecular weight excluding hydrogens is 461 g/mol. The third-order valence-corrected chi connectivity index (χ3v) is 6.08. The van der Waals surface area contributed by atoms with Crippen LogP contribution in [0.15, 0.2) is 48.5 Å². The lowest BCUT2D eigenvalue weighted by atomic mass is 10.1. The van der Waals surface area contributed by atoms with Crippen LogP contribution in [0.1, 0.15) is 36.7 Å². The number of carbonyl (C=O) groups is 1. The number of nitrogens with zero attached hydrogens (tertiary/aromatic N) is 2. The Morgan fingerprint density at radius 2 is 1.97 bits per heavy atom. The number of fused-ring (bicyclic) bond motifs is 1. The van der Waals surface area contributed by atoms with Crippen LogP contribution in [0.5, 0.6) is 5.75 Å². The number of halogens is 2. The lowest BCUT2D eigenvalue weighted by molar-refractivity contribution is 0.233. The van der Waals surface area contributed by atoms with Crippen molar-refractivity contribution in [1.29, 1.82) is 0 Å². The number of nitrogens with one attached hydrogen (secondary N) is 3. The Morgan fingerprint density at radius 1 is 1.21 bits per heavy atom. The molecule has 9 heteroatoms. The number of hydrogen-bond donors (Lipinski definition) is 3. The average molecular weight is 494 g/mol. The van der Waals surface area contributed by atoms with E-state index in [1.165, 1.54) is 12.8 Å². The second-order valence-corrected chi connectivity index (χ2v) is 8.21. The maximum absolute atomic E-state index is 12.7. The molecule has 0 radical (unpaired) electrons. The Morgan fingerprint density at radius 3 is 2.64 bits per heavy atom. The number of para-hydroxylation sites is 2. The van der Waals surface area contributed by atoms with Gasteiger partial charge in [0.15, 0.2) is 0 Å². The standard InChI is InChI=1S/C24H31N5O2.2ClH/c1-29-15-5-6-18(29)13-14-25-24(30)28-22(16-17-9-11-19(31-2)12-10-17)23-26-20-7-3-4-8-21(20)27-23;;/h3-4,7-12,18,22H,5-6,13-16H2,1-2H3,(H,26,27)(H2,25,28,30);2*1H/t18?,22-;;/m1../s1. The van der Waals surface area contributed by atoms with Crippen molar-refractivity contribution in [2.75, 3.05) is 27.2 Å². The second-order valence-electron chi connectivity index (χ2n) is 8.21. The first kappa shape index (κ1) is 26.8. The molecule has 7 nitrogen and oxygen atoms in total. The number of likely N-dealkylation sites (tertiary alicyclic amines) is 1. The third-order valence-electron chi connectivity index (χ3n) is 6.08. The Kier molecular flexibility index (Phi) is 10.3. The van der Waals surface area contributed by atoms with Crippen LogP contribution in [-0.4, -0.2) is 54.2 Å². The molecule has 1 saturated heterocycles. The molecule has 1 aliphatic heterocycles. The number of hydrogen-bond acceptors (Lipinski definition) is 4. The van der Waals surface area contributed by atoms with Crippen LogP contribution in [0.3, 0.4) is 0 Å². The smallest absolute Gasteiger partial charge is 0.315 e. The molecule has 3 aromatic rings. The number of ether oxygens (including phenoxy) is 1. The number of H-pyrrole nitrogens is 1. The Hall–Kier alpha value is -2.48. The van der Waals surface area contributed by atoms with Crippen LogP contribution < -0.4 is 15.4 Å². The lowest BCUT2D eigenvalue weighted by Gasteiger charge is -2.21. The van der Waals surface area contributed by atoms with Crippen molar-refractivity contribution in [3.63, 3.8) is 0 Å². The summed E-state index contributed by atoms with van der Waals surface area (Å²) in [6.45, 7) is 1.81. The van der Waals surface area contributed by atoms with E-state index in [-0.39, 0.29) is 36.9 Å². The van der Waals surface area contributed by atoms with Gasteiger partial charge in [0.25, 0.3) is 0 Å². The van der Waals surface area contributed by atoms with E-state index in [0.29, 0.717) is 19.0 Å². The lowest BCUT2D eigenvalue weighted by Crippen LogP contribution is -2.40. The molecule has 2 atom stereocenters. The van der Waals surface area contributed by atoms with Gasteiger partial charge in [-0.05, 0) is 69.1 Å². The molecule has 1 aromatic heterocycles. The second kappa shape index (κ2) is 12.7. The molecule has 1 fully saturated rings. The van der Waals surface area contributed by atoms with E-state index in [2.05, 4.69) is 27.6 Å². The van der Waals surface area contributed by atoms with Crippen molar-refractivity contribution < 1.29 is 9.53 Å². The number of benzene rings is 2. The van der Waals surface area contributed by atoms with Gasteiger partial charge >= 0.3 is 6.03 Å². The fraction of sp³-hybridized carbons (Fsp3) is 0.417. The van der Waals surface area contributed by atoms with Crippen LogP contribution >= 0.6 is 24.8 Å². The highest BCUT2D eigenvalue weighted by atomic mass is 35.5. The van der Waals surface area contributed by atoms with Crippen LogP contribution in [0.25, 0.3) is 11.0 Å². The summed E-state index contributed by atoms with van der Waals surface area (Å²) < 4.78 is 5.26. The monoisotopic (exact) mass is 493 g/mol. The van der Waals surface area contributed by atoms with E-state index in [4.69, 9.17) is 9.72 Å².